The van der Waals surface area contributed by atoms with Crippen LogP contribution in [0.1, 0.15) is 71.1 Å². The minimum Gasteiger partial charge on any atom is -0.312 e. The molecule has 0 aliphatic rings. The van der Waals surface area contributed by atoms with Gasteiger partial charge >= 0.3 is 7.60 Å². The summed E-state index contributed by atoms with van der Waals surface area (Å²) in [6.45, 7) is 2.23. The van der Waals surface area contributed by atoms with Gasteiger partial charge in [0.05, 0.1) is 0 Å². The molecule has 0 N–H and O–H groups in total. The van der Waals surface area contributed by atoms with Crippen molar-refractivity contribution in [1.82, 2.24) is 0 Å². The number of unbranched alkanes of at least 4 members (excludes halogenated alkanes) is 8. The van der Waals surface area contributed by atoms with Gasteiger partial charge in [-0.1, -0.05) is 58.3 Å². The smallest absolute Gasteiger partial charge is 0.312 e. The van der Waals surface area contributed by atoms with Gasteiger partial charge in [-0.25, -0.2) is 0 Å². The van der Waals surface area contributed by atoms with Crippen LogP contribution in [0.5, 0.6) is 0 Å². The summed E-state index contributed by atoms with van der Waals surface area (Å²) in [4.78, 5) is 11.7. The largest absolute Gasteiger partial charge is 0.337 e. The van der Waals surface area contributed by atoms with E-state index in [1.807, 2.05) is 0 Å². The Morgan fingerprint density at radius 3 is 1.75 bits per heavy atom. The molecule has 0 spiro atoms. The molecule has 0 radical (unpaired) electrons. The molecule has 5 heteroatoms. The third-order valence-electron chi connectivity index (χ3n) is 3.49. The quantitative estimate of drug-likeness (QED) is 0.336. The Kier molecular flexibility index (Phi) is 12.4. The Hall–Kier alpha value is -0.180. The summed E-state index contributed by atoms with van der Waals surface area (Å²) < 4.78 is 21.3. The highest BCUT2D eigenvalue weighted by Gasteiger charge is 2.24. The van der Waals surface area contributed by atoms with Crippen LogP contribution in [0.2, 0.25) is 0 Å². The summed E-state index contributed by atoms with van der Waals surface area (Å²) in [6.07, 6.45) is 11.4. The Morgan fingerprint density at radius 1 is 0.850 bits per heavy atom. The summed E-state index contributed by atoms with van der Waals surface area (Å²) in [7, 11) is -0.533. The second-order valence-electron chi connectivity index (χ2n) is 5.25. The van der Waals surface area contributed by atoms with Gasteiger partial charge in [-0.05, 0) is 6.42 Å². The van der Waals surface area contributed by atoms with Crippen molar-refractivity contribution in [2.75, 3.05) is 20.4 Å². The molecule has 0 saturated carbocycles. The number of Topliss-reactive ketones (excluding diaryl/α,β-unsaturated/α-hetero) is 1. The molecule has 0 aliphatic carbocycles. The average molecular weight is 306 g/mol. The molecule has 0 heterocycles. The fourth-order valence-electron chi connectivity index (χ4n) is 2.13. The van der Waals surface area contributed by atoms with Crippen molar-refractivity contribution in [1.29, 1.82) is 0 Å². The lowest BCUT2D eigenvalue weighted by Crippen LogP contribution is -2.07. The molecular formula is C15H31O4P. The molecule has 0 atom stereocenters. The number of rotatable bonds is 14. The van der Waals surface area contributed by atoms with Gasteiger partial charge in [0.15, 0.2) is 0 Å². The van der Waals surface area contributed by atoms with Crippen LogP contribution < -0.4 is 0 Å². The van der Waals surface area contributed by atoms with Crippen molar-refractivity contribution in [3.8, 4) is 0 Å². The second-order valence-corrected chi connectivity index (χ2v) is 7.52. The van der Waals surface area contributed by atoms with E-state index in [1.54, 1.807) is 0 Å². The number of hydrogen-bond acceptors (Lipinski definition) is 4. The molecule has 0 unspecified atom stereocenters. The molecule has 0 fully saturated rings. The van der Waals surface area contributed by atoms with Gasteiger partial charge in [-0.15, -0.1) is 0 Å². The van der Waals surface area contributed by atoms with Crippen molar-refractivity contribution >= 4 is 13.4 Å². The maximum absolute atomic E-state index is 11.8. The van der Waals surface area contributed by atoms with E-state index < -0.39 is 7.60 Å². The average Bonchev–Trinajstić information content (AvgIpc) is 2.45. The molecule has 0 rings (SSSR count). The molecule has 0 aliphatic heterocycles. The molecule has 4 nitrogen and oxygen atoms in total. The standard InChI is InChI=1S/C15H31O4P/c1-4-5-6-7-8-9-10-11-12-13-15(16)14-20(17,18-2)19-3/h4-14H2,1-3H3. The van der Waals surface area contributed by atoms with Crippen LogP contribution in [-0.2, 0) is 18.4 Å². The first kappa shape index (κ1) is 19.8. The van der Waals surface area contributed by atoms with Gasteiger partial charge < -0.3 is 9.05 Å². The highest BCUT2D eigenvalue weighted by molar-refractivity contribution is 7.54. The third-order valence-corrected chi connectivity index (χ3v) is 5.34. The zero-order valence-corrected chi connectivity index (χ0v) is 14.3. The first-order valence-corrected chi connectivity index (χ1v) is 9.53. The van der Waals surface area contributed by atoms with Crippen molar-refractivity contribution in [2.45, 2.75) is 71.1 Å². The van der Waals surface area contributed by atoms with Crippen LogP contribution in [0.15, 0.2) is 0 Å². The molecule has 0 saturated heterocycles. The van der Waals surface area contributed by atoms with Crippen molar-refractivity contribution < 1.29 is 18.4 Å². The van der Waals surface area contributed by atoms with Crippen LogP contribution in [-0.4, -0.2) is 26.2 Å². The molecule has 0 amide bonds. The Labute approximate surface area is 124 Å². The maximum Gasteiger partial charge on any atom is 0.337 e. The monoisotopic (exact) mass is 306 g/mol. The Bertz CT molecular complexity index is 284. The minimum atomic E-state index is -3.16. The van der Waals surface area contributed by atoms with Gasteiger partial charge in [0.1, 0.15) is 11.9 Å². The summed E-state index contributed by atoms with van der Waals surface area (Å²) in [5.41, 5.74) is 0. The molecular weight excluding hydrogens is 275 g/mol. The fraction of sp³-hybridized carbons (Fsp3) is 0.933. The van der Waals surface area contributed by atoms with Crippen molar-refractivity contribution in [3.63, 3.8) is 0 Å². The summed E-state index contributed by atoms with van der Waals surface area (Å²) in [6, 6.07) is 0. The van der Waals surface area contributed by atoms with Crippen LogP contribution in [0, 0.1) is 0 Å². The van der Waals surface area contributed by atoms with Crippen LogP contribution in [0.4, 0.5) is 0 Å². The van der Waals surface area contributed by atoms with Gasteiger partial charge in [-0.2, -0.15) is 0 Å². The lowest BCUT2D eigenvalue weighted by Gasteiger charge is -2.12. The lowest BCUT2D eigenvalue weighted by molar-refractivity contribution is -0.117. The van der Waals surface area contributed by atoms with Gasteiger partial charge in [0.25, 0.3) is 0 Å². The Morgan fingerprint density at radius 2 is 1.30 bits per heavy atom. The van der Waals surface area contributed by atoms with E-state index in [1.165, 1.54) is 59.2 Å². The highest BCUT2D eigenvalue weighted by Crippen LogP contribution is 2.46. The number of carbonyl (C=O) groups excluding carboxylic acids is 1. The lowest BCUT2D eigenvalue weighted by atomic mass is 10.1. The van der Waals surface area contributed by atoms with Crippen LogP contribution >= 0.6 is 7.60 Å². The zero-order valence-electron chi connectivity index (χ0n) is 13.4. The van der Waals surface area contributed by atoms with Gasteiger partial charge in [0, 0.05) is 20.6 Å². The number of ketones is 1. The van der Waals surface area contributed by atoms with E-state index in [2.05, 4.69) is 6.92 Å². The fourth-order valence-corrected chi connectivity index (χ4v) is 3.13. The SMILES string of the molecule is CCCCCCCCCCCC(=O)CP(=O)(OC)OC. The van der Waals surface area contributed by atoms with E-state index in [-0.39, 0.29) is 11.9 Å². The number of carbonyl (C=O) groups is 1. The van der Waals surface area contributed by atoms with Gasteiger partial charge in [-0.3, -0.25) is 9.36 Å². The van der Waals surface area contributed by atoms with E-state index in [4.69, 9.17) is 9.05 Å². The van der Waals surface area contributed by atoms with Crippen LogP contribution in [0.3, 0.4) is 0 Å². The summed E-state index contributed by atoms with van der Waals surface area (Å²) in [5, 5.41) is 0. The first-order chi connectivity index (χ1) is 9.58. The van der Waals surface area contributed by atoms with E-state index in [9.17, 15) is 9.36 Å². The second kappa shape index (κ2) is 12.6. The van der Waals surface area contributed by atoms with E-state index in [0.717, 1.165) is 12.8 Å². The minimum absolute atomic E-state index is 0.0278. The molecule has 20 heavy (non-hydrogen) atoms. The van der Waals surface area contributed by atoms with E-state index >= 15 is 0 Å². The van der Waals surface area contributed by atoms with Crippen LogP contribution in [0.25, 0.3) is 0 Å². The predicted molar refractivity (Wildman–Crippen MR) is 83.3 cm³/mol. The predicted octanol–water partition coefficient (Wildman–Crippen LogP) is 4.96. The first-order valence-electron chi connectivity index (χ1n) is 7.80. The Balaban J connectivity index is 3.47. The molecule has 0 aromatic rings. The number of hydrogen-bond donors (Lipinski definition) is 0. The zero-order chi connectivity index (χ0) is 15.3. The summed E-state index contributed by atoms with van der Waals surface area (Å²) in [5.74, 6) is -0.0278. The normalized spacial score (nSPS) is 11.8. The van der Waals surface area contributed by atoms with Crippen molar-refractivity contribution in [3.05, 3.63) is 0 Å². The molecule has 120 valence electrons. The third kappa shape index (κ3) is 10.6. The maximum atomic E-state index is 11.8. The van der Waals surface area contributed by atoms with Gasteiger partial charge in [0.2, 0.25) is 0 Å². The molecule has 0 aromatic heterocycles. The van der Waals surface area contributed by atoms with Crippen molar-refractivity contribution in [2.24, 2.45) is 0 Å². The van der Waals surface area contributed by atoms with E-state index in [0.29, 0.717) is 6.42 Å². The molecule has 0 bridgehead atoms. The topological polar surface area (TPSA) is 52.6 Å². The summed E-state index contributed by atoms with van der Waals surface area (Å²) >= 11 is 0. The highest BCUT2D eigenvalue weighted by atomic mass is 31.2. The molecule has 0 aromatic carbocycles.